The van der Waals surface area contributed by atoms with Gasteiger partial charge in [-0.3, -0.25) is 4.79 Å². The zero-order valence-corrected chi connectivity index (χ0v) is 17.2. The third-order valence-corrected chi connectivity index (χ3v) is 6.01. The van der Waals surface area contributed by atoms with Gasteiger partial charge in [-0.25, -0.2) is 18.4 Å². The number of carbonyl (C=O) groups excluding carboxylic acids is 2. The molecule has 1 amide bonds. The summed E-state index contributed by atoms with van der Waals surface area (Å²) >= 11 is 0. The summed E-state index contributed by atoms with van der Waals surface area (Å²) in [5.74, 6) is -1.18. The molecule has 8 heteroatoms. The summed E-state index contributed by atoms with van der Waals surface area (Å²) in [7, 11) is -3.96. The number of rotatable bonds is 5. The molecular weight excluding hydrogens is 392 g/mol. The lowest BCUT2D eigenvalue weighted by Gasteiger charge is -2.27. The smallest absolute Gasteiger partial charge is 0.339 e. The third kappa shape index (κ3) is 4.83. The molecule has 0 saturated carbocycles. The van der Waals surface area contributed by atoms with Gasteiger partial charge in [0.15, 0.2) is 6.10 Å². The third-order valence-electron chi connectivity index (χ3n) is 5.10. The van der Waals surface area contributed by atoms with E-state index in [2.05, 4.69) is 11.4 Å². The minimum Gasteiger partial charge on any atom is -0.449 e. The highest BCUT2D eigenvalue weighted by Gasteiger charge is 2.26. The number of primary sulfonamides is 1. The van der Waals surface area contributed by atoms with Gasteiger partial charge in [0.05, 0.1) is 16.5 Å². The summed E-state index contributed by atoms with van der Waals surface area (Å²) in [6.07, 6.45) is 1.73. The Morgan fingerprint density at radius 1 is 1.21 bits per heavy atom. The van der Waals surface area contributed by atoms with Crippen LogP contribution in [0.25, 0.3) is 0 Å². The minimum atomic E-state index is -3.96. The predicted octanol–water partition coefficient (Wildman–Crippen LogP) is 2.38. The molecule has 29 heavy (non-hydrogen) atoms. The van der Waals surface area contributed by atoms with Crippen LogP contribution < -0.4 is 10.5 Å². The van der Waals surface area contributed by atoms with Crippen molar-refractivity contribution in [2.45, 2.75) is 50.2 Å². The molecule has 0 heterocycles. The number of fused-ring (bicyclic) bond motifs is 1. The summed E-state index contributed by atoms with van der Waals surface area (Å²) in [5, 5.41) is 8.07. The number of esters is 1. The fourth-order valence-corrected chi connectivity index (χ4v) is 4.01. The lowest BCUT2D eigenvalue weighted by Crippen LogP contribution is -2.39. The molecule has 0 aromatic heterocycles. The van der Waals surface area contributed by atoms with Crippen molar-refractivity contribution in [1.82, 2.24) is 5.32 Å². The van der Waals surface area contributed by atoms with E-state index in [9.17, 15) is 18.0 Å². The Kier molecular flexibility index (Phi) is 6.04. The molecule has 0 aliphatic heterocycles. The van der Waals surface area contributed by atoms with Crippen molar-refractivity contribution in [3.05, 3.63) is 64.7 Å². The number of hydrogen-bond acceptors (Lipinski definition) is 5. The van der Waals surface area contributed by atoms with Crippen molar-refractivity contribution in [3.63, 3.8) is 0 Å². The van der Waals surface area contributed by atoms with E-state index in [0.29, 0.717) is 5.56 Å². The molecule has 3 rings (SSSR count). The van der Waals surface area contributed by atoms with E-state index in [1.54, 1.807) is 6.92 Å². The first-order valence-corrected chi connectivity index (χ1v) is 10.9. The average Bonchev–Trinajstić information content (AvgIpc) is 2.67. The maximum absolute atomic E-state index is 12.6. The maximum Gasteiger partial charge on any atom is 0.339 e. The van der Waals surface area contributed by atoms with Gasteiger partial charge in [0.2, 0.25) is 10.0 Å². The van der Waals surface area contributed by atoms with Crippen LogP contribution in [0.1, 0.15) is 52.9 Å². The highest BCUT2D eigenvalue weighted by molar-refractivity contribution is 7.89. The van der Waals surface area contributed by atoms with Crippen molar-refractivity contribution in [2.75, 3.05) is 0 Å². The van der Waals surface area contributed by atoms with Gasteiger partial charge in [0.1, 0.15) is 0 Å². The lowest BCUT2D eigenvalue weighted by atomic mass is 9.87. The number of aryl methyl sites for hydroxylation is 2. The number of carbonyl (C=O) groups is 2. The molecule has 0 fully saturated rings. The first kappa shape index (κ1) is 21.0. The highest BCUT2D eigenvalue weighted by Crippen LogP contribution is 2.29. The molecular formula is C21H24N2O5S. The van der Waals surface area contributed by atoms with E-state index in [1.807, 2.05) is 18.2 Å². The zero-order valence-electron chi connectivity index (χ0n) is 16.3. The number of amides is 1. The second kappa shape index (κ2) is 8.34. The Labute approximate surface area is 170 Å². The van der Waals surface area contributed by atoms with Crippen LogP contribution in [-0.2, 0) is 26.0 Å². The van der Waals surface area contributed by atoms with Gasteiger partial charge in [-0.2, -0.15) is 0 Å². The first-order valence-electron chi connectivity index (χ1n) is 9.39. The topological polar surface area (TPSA) is 116 Å². The molecule has 2 aromatic carbocycles. The fraction of sp³-hybridized carbons (Fsp3) is 0.333. The van der Waals surface area contributed by atoms with Gasteiger partial charge < -0.3 is 10.1 Å². The van der Waals surface area contributed by atoms with Gasteiger partial charge in [-0.1, -0.05) is 30.3 Å². The van der Waals surface area contributed by atoms with Crippen LogP contribution in [0, 0.1) is 6.92 Å². The summed E-state index contributed by atoms with van der Waals surface area (Å²) in [6, 6.07) is 11.8. The van der Waals surface area contributed by atoms with E-state index >= 15 is 0 Å². The Morgan fingerprint density at radius 2 is 1.93 bits per heavy atom. The van der Waals surface area contributed by atoms with Gasteiger partial charge in [-0.05, 0) is 61.9 Å². The molecule has 1 aliphatic rings. The minimum absolute atomic E-state index is 0.0548. The molecule has 0 spiro atoms. The monoisotopic (exact) mass is 416 g/mol. The molecule has 0 unspecified atom stereocenters. The molecule has 0 bridgehead atoms. The summed E-state index contributed by atoms with van der Waals surface area (Å²) in [4.78, 5) is 24.9. The van der Waals surface area contributed by atoms with Crippen LogP contribution in [0.5, 0.6) is 0 Å². The summed E-state index contributed by atoms with van der Waals surface area (Å²) in [5.41, 5.74) is 2.88. The number of benzene rings is 2. The largest absolute Gasteiger partial charge is 0.449 e. The quantitative estimate of drug-likeness (QED) is 0.726. The predicted molar refractivity (Wildman–Crippen MR) is 108 cm³/mol. The standard InChI is InChI=1S/C21H24N2O5S/c1-13-10-11-16(29(22,26)27)12-18(13)21(25)28-14(2)20(24)23-19-9-5-7-15-6-3-4-8-17(15)19/h3-4,6,8,10-12,14,19H,5,7,9H2,1-2H3,(H,23,24)(H2,22,26,27)/t14-,19-/m0/s1. The van der Waals surface area contributed by atoms with Crippen LogP contribution in [0.3, 0.4) is 0 Å². The normalized spacial score (nSPS) is 17.1. The van der Waals surface area contributed by atoms with Crippen LogP contribution in [0.4, 0.5) is 0 Å². The van der Waals surface area contributed by atoms with Crippen LogP contribution >= 0.6 is 0 Å². The Hall–Kier alpha value is -2.71. The Bertz CT molecular complexity index is 1050. The van der Waals surface area contributed by atoms with E-state index in [-0.39, 0.29) is 16.5 Å². The SMILES string of the molecule is Cc1ccc(S(N)(=O)=O)cc1C(=O)O[C@@H](C)C(=O)N[C@H]1CCCc2ccccc21. The molecule has 0 saturated heterocycles. The molecule has 1 aliphatic carbocycles. The van der Waals surface area contributed by atoms with E-state index in [4.69, 9.17) is 9.88 Å². The van der Waals surface area contributed by atoms with Crippen LogP contribution in [-0.4, -0.2) is 26.4 Å². The molecule has 2 atom stereocenters. The average molecular weight is 416 g/mol. The molecule has 2 aromatic rings. The molecule has 3 N–H and O–H groups in total. The zero-order chi connectivity index (χ0) is 21.2. The second-order valence-electron chi connectivity index (χ2n) is 7.22. The maximum atomic E-state index is 12.6. The van der Waals surface area contributed by atoms with Crippen LogP contribution in [0.2, 0.25) is 0 Å². The van der Waals surface area contributed by atoms with Crippen molar-refractivity contribution >= 4 is 21.9 Å². The Morgan fingerprint density at radius 3 is 2.66 bits per heavy atom. The number of hydrogen-bond donors (Lipinski definition) is 2. The number of ether oxygens (including phenoxy) is 1. The molecule has 154 valence electrons. The molecule has 7 nitrogen and oxygen atoms in total. The van der Waals surface area contributed by atoms with E-state index in [0.717, 1.165) is 30.9 Å². The van der Waals surface area contributed by atoms with Crippen molar-refractivity contribution in [2.24, 2.45) is 5.14 Å². The van der Waals surface area contributed by atoms with E-state index in [1.165, 1.54) is 24.6 Å². The van der Waals surface area contributed by atoms with Gasteiger partial charge in [-0.15, -0.1) is 0 Å². The Balaban J connectivity index is 1.70. The summed E-state index contributed by atoms with van der Waals surface area (Å²) < 4.78 is 28.4. The first-order chi connectivity index (χ1) is 13.7. The summed E-state index contributed by atoms with van der Waals surface area (Å²) in [6.45, 7) is 3.13. The molecule has 0 radical (unpaired) electrons. The van der Waals surface area contributed by atoms with Crippen molar-refractivity contribution < 1.29 is 22.7 Å². The van der Waals surface area contributed by atoms with Crippen molar-refractivity contribution in [3.8, 4) is 0 Å². The highest BCUT2D eigenvalue weighted by atomic mass is 32.2. The van der Waals surface area contributed by atoms with E-state index < -0.39 is 28.0 Å². The number of nitrogens with two attached hydrogens (primary N) is 1. The van der Waals surface area contributed by atoms with Crippen molar-refractivity contribution in [1.29, 1.82) is 0 Å². The van der Waals surface area contributed by atoms with Crippen LogP contribution in [0.15, 0.2) is 47.4 Å². The number of sulfonamides is 1. The van der Waals surface area contributed by atoms with Gasteiger partial charge in [0.25, 0.3) is 5.91 Å². The second-order valence-corrected chi connectivity index (χ2v) is 8.78. The number of nitrogens with one attached hydrogen (secondary N) is 1. The lowest BCUT2D eigenvalue weighted by molar-refractivity contribution is -0.130. The van der Waals surface area contributed by atoms with Gasteiger partial charge >= 0.3 is 5.97 Å². The van der Waals surface area contributed by atoms with Gasteiger partial charge in [0, 0.05) is 0 Å². The fourth-order valence-electron chi connectivity index (χ4n) is 3.47.